The van der Waals surface area contributed by atoms with E-state index in [0.29, 0.717) is 5.92 Å². The summed E-state index contributed by atoms with van der Waals surface area (Å²) in [6, 6.07) is 4.84. The number of hydrogen-bond acceptors (Lipinski definition) is 3. The van der Waals surface area contributed by atoms with Crippen molar-refractivity contribution in [3.05, 3.63) is 32.8 Å². The van der Waals surface area contributed by atoms with Crippen LogP contribution in [0.15, 0.2) is 22.7 Å². The fraction of sp³-hybridized carbons (Fsp3) is 0.571. The molecule has 0 bridgehead atoms. The summed E-state index contributed by atoms with van der Waals surface area (Å²) in [5.74, 6) is 0.689. The second-order valence-electron chi connectivity index (χ2n) is 5.16. The second kappa shape index (κ2) is 6.89. The van der Waals surface area contributed by atoms with Crippen molar-refractivity contribution in [3.8, 4) is 0 Å². The molecule has 1 aliphatic rings. The fourth-order valence-corrected chi connectivity index (χ4v) is 2.97. The third-order valence-electron chi connectivity index (χ3n) is 3.72. The molecule has 1 fully saturated rings. The Morgan fingerprint density at radius 2 is 1.95 bits per heavy atom. The van der Waals surface area contributed by atoms with Gasteiger partial charge >= 0.3 is 0 Å². The summed E-state index contributed by atoms with van der Waals surface area (Å²) in [4.78, 5) is 10.4. The highest BCUT2D eigenvalue weighted by Crippen LogP contribution is 2.29. The standard InChI is InChI=1S/C14H19BrN2O2/c15-13-8-7-12(17(18)19)9-14(13)16-10-11-5-3-1-2-4-6-11/h7-9,11,16H,1-6,10H2. The highest BCUT2D eigenvalue weighted by molar-refractivity contribution is 9.10. The quantitative estimate of drug-likeness (QED) is 0.494. The number of anilines is 1. The van der Waals surface area contributed by atoms with Gasteiger partial charge in [-0.1, -0.05) is 25.7 Å². The summed E-state index contributed by atoms with van der Waals surface area (Å²) in [6.45, 7) is 0.903. The maximum atomic E-state index is 10.8. The van der Waals surface area contributed by atoms with Gasteiger partial charge in [-0.15, -0.1) is 0 Å². The highest BCUT2D eigenvalue weighted by Gasteiger charge is 2.14. The maximum absolute atomic E-state index is 10.8. The van der Waals surface area contributed by atoms with Crippen LogP contribution in [0.3, 0.4) is 0 Å². The summed E-state index contributed by atoms with van der Waals surface area (Å²) in [7, 11) is 0. The molecule has 0 aliphatic heterocycles. The molecule has 104 valence electrons. The fourth-order valence-electron chi connectivity index (χ4n) is 2.58. The molecule has 5 heteroatoms. The van der Waals surface area contributed by atoms with Crippen molar-refractivity contribution < 1.29 is 4.92 Å². The van der Waals surface area contributed by atoms with Crippen molar-refractivity contribution in [2.45, 2.75) is 38.5 Å². The molecule has 0 amide bonds. The number of nitrogens with one attached hydrogen (secondary N) is 1. The summed E-state index contributed by atoms with van der Waals surface area (Å²) < 4.78 is 0.881. The molecule has 19 heavy (non-hydrogen) atoms. The lowest BCUT2D eigenvalue weighted by molar-refractivity contribution is -0.384. The molecule has 1 N–H and O–H groups in total. The van der Waals surface area contributed by atoms with E-state index >= 15 is 0 Å². The molecule has 1 saturated carbocycles. The zero-order valence-corrected chi connectivity index (χ0v) is 12.5. The van der Waals surface area contributed by atoms with Crippen LogP contribution in [-0.2, 0) is 0 Å². The Balaban J connectivity index is 1.97. The minimum atomic E-state index is -0.358. The van der Waals surface area contributed by atoms with E-state index in [4.69, 9.17) is 0 Å². The first-order valence-corrected chi connectivity index (χ1v) is 7.64. The predicted octanol–water partition coefficient (Wildman–Crippen LogP) is 4.74. The number of nitro groups is 1. The van der Waals surface area contributed by atoms with E-state index in [1.54, 1.807) is 12.1 Å². The van der Waals surface area contributed by atoms with Crippen LogP contribution < -0.4 is 5.32 Å². The lowest BCUT2D eigenvalue weighted by Gasteiger charge is -2.16. The number of halogens is 1. The van der Waals surface area contributed by atoms with E-state index in [-0.39, 0.29) is 10.6 Å². The van der Waals surface area contributed by atoms with E-state index < -0.39 is 0 Å². The first-order chi connectivity index (χ1) is 9.16. The van der Waals surface area contributed by atoms with Gasteiger partial charge in [0.1, 0.15) is 0 Å². The lowest BCUT2D eigenvalue weighted by atomic mass is 10.0. The van der Waals surface area contributed by atoms with Crippen LogP contribution in [0.1, 0.15) is 38.5 Å². The molecule has 2 rings (SSSR count). The van der Waals surface area contributed by atoms with Gasteiger partial charge in [0.2, 0.25) is 0 Å². The summed E-state index contributed by atoms with van der Waals surface area (Å²) in [6.07, 6.45) is 7.83. The van der Waals surface area contributed by atoms with Crippen molar-refractivity contribution in [1.82, 2.24) is 0 Å². The van der Waals surface area contributed by atoms with Gasteiger partial charge in [0.15, 0.2) is 0 Å². The molecule has 1 aromatic rings. The molecule has 0 spiro atoms. The Kier molecular flexibility index (Phi) is 5.19. The largest absolute Gasteiger partial charge is 0.384 e. The van der Waals surface area contributed by atoms with Crippen LogP contribution in [0, 0.1) is 16.0 Å². The number of nitro benzene ring substituents is 1. The van der Waals surface area contributed by atoms with E-state index in [1.165, 1.54) is 44.6 Å². The van der Waals surface area contributed by atoms with Gasteiger partial charge in [-0.05, 0) is 40.8 Å². The van der Waals surface area contributed by atoms with Crippen LogP contribution in [0.2, 0.25) is 0 Å². The number of rotatable bonds is 4. The van der Waals surface area contributed by atoms with E-state index in [0.717, 1.165) is 16.7 Å². The smallest absolute Gasteiger partial charge is 0.271 e. The Hall–Kier alpha value is -1.10. The first-order valence-electron chi connectivity index (χ1n) is 6.84. The van der Waals surface area contributed by atoms with Crippen molar-refractivity contribution in [3.63, 3.8) is 0 Å². The Bertz CT molecular complexity index is 443. The third-order valence-corrected chi connectivity index (χ3v) is 4.41. The first kappa shape index (κ1) is 14.3. The van der Waals surface area contributed by atoms with Crippen molar-refractivity contribution in [2.24, 2.45) is 5.92 Å². The Labute approximate surface area is 121 Å². The molecular formula is C14H19BrN2O2. The van der Waals surface area contributed by atoms with Gasteiger partial charge in [0.05, 0.1) is 10.6 Å². The number of hydrogen-bond donors (Lipinski definition) is 1. The van der Waals surface area contributed by atoms with Crippen LogP contribution >= 0.6 is 15.9 Å². The van der Waals surface area contributed by atoms with Crippen LogP contribution in [0.25, 0.3) is 0 Å². The molecule has 1 aliphatic carbocycles. The average Bonchev–Trinajstić information content (AvgIpc) is 2.66. The summed E-state index contributed by atoms with van der Waals surface area (Å²) in [5, 5.41) is 14.1. The molecule has 0 atom stereocenters. The molecule has 0 saturated heterocycles. The summed E-state index contributed by atoms with van der Waals surface area (Å²) in [5.41, 5.74) is 0.949. The molecule has 0 aromatic heterocycles. The maximum Gasteiger partial charge on any atom is 0.271 e. The van der Waals surface area contributed by atoms with Gasteiger partial charge in [0.25, 0.3) is 5.69 Å². The second-order valence-corrected chi connectivity index (χ2v) is 6.01. The van der Waals surface area contributed by atoms with Crippen LogP contribution in [0.5, 0.6) is 0 Å². The molecule has 0 heterocycles. The van der Waals surface area contributed by atoms with Gasteiger partial charge < -0.3 is 5.32 Å². The monoisotopic (exact) mass is 326 g/mol. The Morgan fingerprint density at radius 1 is 1.26 bits per heavy atom. The Morgan fingerprint density at radius 3 is 2.58 bits per heavy atom. The van der Waals surface area contributed by atoms with Crippen LogP contribution in [0.4, 0.5) is 11.4 Å². The SMILES string of the molecule is O=[N+]([O-])c1ccc(Br)c(NCC2CCCCCC2)c1. The van der Waals surface area contributed by atoms with Gasteiger partial charge in [-0.2, -0.15) is 0 Å². The van der Waals surface area contributed by atoms with E-state index in [1.807, 2.05) is 0 Å². The van der Waals surface area contributed by atoms with Crippen molar-refractivity contribution >= 4 is 27.3 Å². The normalized spacial score (nSPS) is 16.9. The average molecular weight is 327 g/mol. The van der Waals surface area contributed by atoms with Crippen LogP contribution in [-0.4, -0.2) is 11.5 Å². The van der Waals surface area contributed by atoms with E-state index in [9.17, 15) is 10.1 Å². The number of nitrogens with zero attached hydrogens (tertiary/aromatic N) is 1. The zero-order valence-electron chi connectivity index (χ0n) is 10.9. The third kappa shape index (κ3) is 4.20. The number of non-ortho nitro benzene ring substituents is 1. The summed E-state index contributed by atoms with van der Waals surface area (Å²) >= 11 is 3.43. The molecule has 0 unspecified atom stereocenters. The predicted molar refractivity (Wildman–Crippen MR) is 80.5 cm³/mol. The van der Waals surface area contributed by atoms with Gasteiger partial charge in [0, 0.05) is 23.2 Å². The lowest BCUT2D eigenvalue weighted by Crippen LogP contribution is -2.14. The van der Waals surface area contributed by atoms with Crippen molar-refractivity contribution in [2.75, 3.05) is 11.9 Å². The van der Waals surface area contributed by atoms with Gasteiger partial charge in [-0.3, -0.25) is 10.1 Å². The zero-order chi connectivity index (χ0) is 13.7. The van der Waals surface area contributed by atoms with E-state index in [2.05, 4.69) is 21.2 Å². The molecule has 1 aromatic carbocycles. The van der Waals surface area contributed by atoms with Crippen molar-refractivity contribution in [1.29, 1.82) is 0 Å². The highest BCUT2D eigenvalue weighted by atomic mass is 79.9. The topological polar surface area (TPSA) is 55.2 Å². The van der Waals surface area contributed by atoms with Gasteiger partial charge in [-0.25, -0.2) is 0 Å². The molecular weight excluding hydrogens is 308 g/mol. The molecule has 0 radical (unpaired) electrons. The minimum Gasteiger partial charge on any atom is -0.384 e. The molecule has 4 nitrogen and oxygen atoms in total. The minimum absolute atomic E-state index is 0.131. The number of benzene rings is 1.